The highest BCUT2D eigenvalue weighted by Gasteiger charge is 2.22. The molecule has 1 aromatic rings. The zero-order valence-electron chi connectivity index (χ0n) is 11.5. The molecule has 0 aromatic heterocycles. The first-order chi connectivity index (χ1) is 7.21. The van der Waals surface area contributed by atoms with Crippen molar-refractivity contribution in [2.75, 3.05) is 6.54 Å². The van der Waals surface area contributed by atoms with Gasteiger partial charge in [0.25, 0.3) is 0 Å². The van der Waals surface area contributed by atoms with Crippen LogP contribution in [-0.2, 0) is 5.41 Å². The minimum absolute atomic E-state index is 0.182. The Balaban J connectivity index is 2.73. The minimum atomic E-state index is 0.182. The number of hydrogen-bond acceptors (Lipinski definition) is 1. The molecular weight excluding hydrogens is 194 g/mol. The zero-order chi connectivity index (χ0) is 12.4. The van der Waals surface area contributed by atoms with Gasteiger partial charge in [0.2, 0.25) is 0 Å². The number of aryl methyl sites for hydroxylation is 1. The van der Waals surface area contributed by atoms with Crippen LogP contribution in [0.15, 0.2) is 24.3 Å². The quantitative estimate of drug-likeness (QED) is 0.818. The first-order valence-corrected chi connectivity index (χ1v) is 6.03. The first-order valence-electron chi connectivity index (χ1n) is 6.03. The van der Waals surface area contributed by atoms with E-state index in [2.05, 4.69) is 71.1 Å². The molecule has 0 spiro atoms. The monoisotopic (exact) mass is 219 g/mol. The van der Waals surface area contributed by atoms with E-state index in [1.807, 2.05) is 0 Å². The summed E-state index contributed by atoms with van der Waals surface area (Å²) in [5.74, 6) is 0. The lowest BCUT2D eigenvalue weighted by atomic mass is 9.83. The number of rotatable bonds is 3. The van der Waals surface area contributed by atoms with E-state index in [-0.39, 0.29) is 11.0 Å². The Bertz CT molecular complexity index is 327. The topological polar surface area (TPSA) is 12.0 Å². The van der Waals surface area contributed by atoms with Crippen molar-refractivity contribution >= 4 is 0 Å². The number of hydrogen-bond donors (Lipinski definition) is 1. The molecule has 0 amide bonds. The minimum Gasteiger partial charge on any atom is -0.311 e. The van der Waals surface area contributed by atoms with Gasteiger partial charge in [-0.3, -0.25) is 0 Å². The van der Waals surface area contributed by atoms with Crippen molar-refractivity contribution in [2.45, 2.75) is 52.5 Å². The second-order valence-corrected chi connectivity index (χ2v) is 6.35. The van der Waals surface area contributed by atoms with E-state index in [1.54, 1.807) is 0 Å². The lowest BCUT2D eigenvalue weighted by Crippen LogP contribution is -2.43. The van der Waals surface area contributed by atoms with Crippen LogP contribution < -0.4 is 5.32 Å². The maximum Gasteiger partial charge on any atom is 0.00968 e. The van der Waals surface area contributed by atoms with Crippen molar-refractivity contribution in [2.24, 2.45) is 0 Å². The largest absolute Gasteiger partial charge is 0.311 e. The number of benzene rings is 1. The third-order valence-corrected chi connectivity index (χ3v) is 2.89. The molecule has 0 saturated heterocycles. The summed E-state index contributed by atoms with van der Waals surface area (Å²) < 4.78 is 0. The van der Waals surface area contributed by atoms with Crippen LogP contribution in [0.5, 0.6) is 0 Å². The van der Waals surface area contributed by atoms with Crippen molar-refractivity contribution in [1.82, 2.24) is 5.32 Å². The fourth-order valence-electron chi connectivity index (χ4n) is 1.59. The second-order valence-electron chi connectivity index (χ2n) is 6.35. The molecule has 90 valence electrons. The van der Waals surface area contributed by atoms with Gasteiger partial charge in [-0.2, -0.15) is 0 Å². The molecule has 0 heterocycles. The summed E-state index contributed by atoms with van der Waals surface area (Å²) in [4.78, 5) is 0. The molecular formula is C15H25N. The summed E-state index contributed by atoms with van der Waals surface area (Å²) in [6.45, 7) is 14.3. The van der Waals surface area contributed by atoms with Crippen molar-refractivity contribution in [1.29, 1.82) is 0 Å². The van der Waals surface area contributed by atoms with E-state index in [4.69, 9.17) is 0 Å². The Morgan fingerprint density at radius 1 is 0.938 bits per heavy atom. The van der Waals surface area contributed by atoms with Gasteiger partial charge in [-0.25, -0.2) is 0 Å². The van der Waals surface area contributed by atoms with E-state index < -0.39 is 0 Å². The van der Waals surface area contributed by atoms with Gasteiger partial charge in [0.1, 0.15) is 0 Å². The highest BCUT2D eigenvalue weighted by Crippen LogP contribution is 2.23. The second kappa shape index (κ2) is 4.58. The average Bonchev–Trinajstić information content (AvgIpc) is 2.15. The molecule has 1 nitrogen and oxygen atoms in total. The molecule has 16 heavy (non-hydrogen) atoms. The third-order valence-electron chi connectivity index (χ3n) is 2.89. The normalized spacial score (nSPS) is 12.9. The van der Waals surface area contributed by atoms with Crippen LogP contribution in [0, 0.1) is 6.92 Å². The zero-order valence-corrected chi connectivity index (χ0v) is 11.5. The van der Waals surface area contributed by atoms with Gasteiger partial charge in [-0.15, -0.1) is 0 Å². The SMILES string of the molecule is Cc1ccc(C(C)(C)CNC(C)(C)C)cc1. The van der Waals surface area contributed by atoms with E-state index in [9.17, 15) is 0 Å². The van der Waals surface area contributed by atoms with Crippen molar-refractivity contribution in [3.05, 3.63) is 35.4 Å². The molecule has 0 unspecified atom stereocenters. The molecule has 1 N–H and O–H groups in total. The van der Waals surface area contributed by atoms with Gasteiger partial charge in [0, 0.05) is 17.5 Å². The highest BCUT2D eigenvalue weighted by atomic mass is 15.0. The van der Waals surface area contributed by atoms with Crippen LogP contribution in [0.2, 0.25) is 0 Å². The summed E-state index contributed by atoms with van der Waals surface area (Å²) in [6.07, 6.45) is 0. The lowest BCUT2D eigenvalue weighted by Gasteiger charge is -2.31. The standard InChI is InChI=1S/C15H25N/c1-12-7-9-13(10-8-12)15(5,6)11-16-14(2,3)4/h7-10,16H,11H2,1-6H3. The van der Waals surface area contributed by atoms with E-state index >= 15 is 0 Å². The fourth-order valence-corrected chi connectivity index (χ4v) is 1.59. The maximum absolute atomic E-state index is 3.58. The fraction of sp³-hybridized carbons (Fsp3) is 0.600. The van der Waals surface area contributed by atoms with Crippen LogP contribution in [0.1, 0.15) is 45.7 Å². The summed E-state index contributed by atoms with van der Waals surface area (Å²) in [6, 6.07) is 8.85. The van der Waals surface area contributed by atoms with Crippen LogP contribution in [-0.4, -0.2) is 12.1 Å². The van der Waals surface area contributed by atoms with Crippen molar-refractivity contribution < 1.29 is 0 Å². The average molecular weight is 219 g/mol. The van der Waals surface area contributed by atoms with E-state index in [1.165, 1.54) is 11.1 Å². The van der Waals surface area contributed by atoms with Crippen molar-refractivity contribution in [3.63, 3.8) is 0 Å². The summed E-state index contributed by atoms with van der Waals surface area (Å²) in [5, 5.41) is 3.58. The molecule has 0 atom stereocenters. The third kappa shape index (κ3) is 3.97. The Hall–Kier alpha value is -0.820. The molecule has 0 saturated carbocycles. The van der Waals surface area contributed by atoms with Gasteiger partial charge in [-0.05, 0) is 33.3 Å². The lowest BCUT2D eigenvalue weighted by molar-refractivity contribution is 0.363. The Labute approximate surface area is 100 Å². The molecule has 0 aliphatic rings. The predicted octanol–water partition coefficient (Wildman–Crippen LogP) is 3.66. The van der Waals surface area contributed by atoms with Crippen LogP contribution >= 0.6 is 0 Å². The van der Waals surface area contributed by atoms with Crippen LogP contribution in [0.25, 0.3) is 0 Å². The predicted molar refractivity (Wildman–Crippen MR) is 72.0 cm³/mol. The first kappa shape index (κ1) is 13.2. The molecule has 0 fully saturated rings. The molecule has 1 heteroatoms. The van der Waals surface area contributed by atoms with E-state index in [0.717, 1.165) is 6.54 Å². The van der Waals surface area contributed by atoms with Gasteiger partial charge >= 0.3 is 0 Å². The summed E-state index contributed by atoms with van der Waals surface area (Å²) in [7, 11) is 0. The molecule has 1 rings (SSSR count). The Morgan fingerprint density at radius 3 is 1.88 bits per heavy atom. The summed E-state index contributed by atoms with van der Waals surface area (Å²) in [5.41, 5.74) is 3.08. The Kier molecular flexibility index (Phi) is 3.80. The maximum atomic E-state index is 3.58. The summed E-state index contributed by atoms with van der Waals surface area (Å²) >= 11 is 0. The molecule has 1 aromatic carbocycles. The smallest absolute Gasteiger partial charge is 0.00968 e. The molecule has 0 bridgehead atoms. The van der Waals surface area contributed by atoms with Gasteiger partial charge < -0.3 is 5.32 Å². The molecule has 0 radical (unpaired) electrons. The highest BCUT2D eigenvalue weighted by molar-refractivity contribution is 5.27. The molecule has 0 aliphatic heterocycles. The van der Waals surface area contributed by atoms with Crippen molar-refractivity contribution in [3.8, 4) is 0 Å². The van der Waals surface area contributed by atoms with Crippen LogP contribution in [0.4, 0.5) is 0 Å². The Morgan fingerprint density at radius 2 is 1.44 bits per heavy atom. The van der Waals surface area contributed by atoms with E-state index in [0.29, 0.717) is 0 Å². The van der Waals surface area contributed by atoms with Gasteiger partial charge in [-0.1, -0.05) is 43.7 Å². The molecule has 0 aliphatic carbocycles. The number of nitrogens with one attached hydrogen (secondary N) is 1. The van der Waals surface area contributed by atoms with Gasteiger partial charge in [0.15, 0.2) is 0 Å². The van der Waals surface area contributed by atoms with Gasteiger partial charge in [0.05, 0.1) is 0 Å². The van der Waals surface area contributed by atoms with Crippen LogP contribution in [0.3, 0.4) is 0 Å².